The molecule has 0 amide bonds. The van der Waals surface area contributed by atoms with Crippen LogP contribution >= 0.6 is 11.3 Å². The normalized spacial score (nSPS) is 10.5. The summed E-state index contributed by atoms with van der Waals surface area (Å²) in [5.74, 6) is 0.131. The lowest BCUT2D eigenvalue weighted by atomic mass is 10.1. The first kappa shape index (κ1) is 15.5. The van der Waals surface area contributed by atoms with Crippen LogP contribution in [-0.2, 0) is 24.2 Å². The highest BCUT2D eigenvalue weighted by Crippen LogP contribution is 2.18. The number of hydrogen-bond acceptors (Lipinski definition) is 4. The van der Waals surface area contributed by atoms with Crippen molar-refractivity contribution < 1.29 is 14.6 Å². The van der Waals surface area contributed by atoms with E-state index < -0.39 is 5.97 Å². The number of nitrogens with one attached hydrogen (secondary N) is 1. The van der Waals surface area contributed by atoms with E-state index in [4.69, 9.17) is 9.84 Å². The van der Waals surface area contributed by atoms with Crippen molar-refractivity contribution in [1.82, 2.24) is 5.32 Å². The van der Waals surface area contributed by atoms with E-state index in [2.05, 4.69) is 11.4 Å². The fourth-order valence-electron chi connectivity index (χ4n) is 2.11. The quantitative estimate of drug-likeness (QED) is 0.736. The van der Waals surface area contributed by atoms with E-state index in [1.54, 1.807) is 18.4 Å². The molecular weight excluding hydrogens is 286 g/mol. The van der Waals surface area contributed by atoms with Gasteiger partial charge in [0.2, 0.25) is 0 Å². The minimum Gasteiger partial charge on any atom is -0.496 e. The molecule has 0 aliphatic carbocycles. The molecule has 0 saturated carbocycles. The number of thiophene rings is 1. The lowest BCUT2D eigenvalue weighted by Crippen LogP contribution is -2.16. The van der Waals surface area contributed by atoms with Crippen LogP contribution in [0.1, 0.15) is 15.3 Å². The summed E-state index contributed by atoms with van der Waals surface area (Å²) in [5.41, 5.74) is 1.19. The lowest BCUT2D eigenvalue weighted by Gasteiger charge is -2.08. The van der Waals surface area contributed by atoms with E-state index in [0.717, 1.165) is 35.0 Å². The number of para-hydroxylation sites is 1. The van der Waals surface area contributed by atoms with Crippen LogP contribution in [0.25, 0.3) is 0 Å². The topological polar surface area (TPSA) is 58.6 Å². The number of hydrogen-bond donors (Lipinski definition) is 2. The molecule has 112 valence electrons. The van der Waals surface area contributed by atoms with Crippen LogP contribution < -0.4 is 10.1 Å². The van der Waals surface area contributed by atoms with Crippen molar-refractivity contribution in [3.63, 3.8) is 0 Å². The first-order chi connectivity index (χ1) is 10.2. The number of carboxylic acid groups (broad SMARTS) is 1. The number of aliphatic carboxylic acids is 1. The molecule has 1 heterocycles. The van der Waals surface area contributed by atoms with Crippen LogP contribution in [0.15, 0.2) is 36.4 Å². The molecule has 1 aromatic heterocycles. The highest BCUT2D eigenvalue weighted by Gasteiger charge is 2.05. The molecule has 0 radical (unpaired) electrons. The Balaban J connectivity index is 1.77. The Hall–Kier alpha value is -1.85. The predicted molar refractivity (Wildman–Crippen MR) is 84.1 cm³/mol. The van der Waals surface area contributed by atoms with Gasteiger partial charge < -0.3 is 15.2 Å². The van der Waals surface area contributed by atoms with Gasteiger partial charge in [0.15, 0.2) is 0 Å². The van der Waals surface area contributed by atoms with Crippen LogP contribution in [0.4, 0.5) is 0 Å². The van der Waals surface area contributed by atoms with Crippen molar-refractivity contribution in [1.29, 1.82) is 0 Å². The summed E-state index contributed by atoms with van der Waals surface area (Å²) < 4.78 is 5.32. The summed E-state index contributed by atoms with van der Waals surface area (Å²) in [4.78, 5) is 12.7. The van der Waals surface area contributed by atoms with Crippen LogP contribution in [0, 0.1) is 0 Å². The van der Waals surface area contributed by atoms with Gasteiger partial charge in [-0.25, -0.2) is 0 Å². The molecule has 5 heteroatoms. The van der Waals surface area contributed by atoms with E-state index >= 15 is 0 Å². The molecule has 2 rings (SSSR count). The number of benzene rings is 1. The minimum absolute atomic E-state index is 0.103. The Bertz CT molecular complexity index is 595. The summed E-state index contributed by atoms with van der Waals surface area (Å²) in [6, 6.07) is 11.9. The van der Waals surface area contributed by atoms with E-state index in [-0.39, 0.29) is 6.42 Å². The van der Waals surface area contributed by atoms with Crippen LogP contribution in [-0.4, -0.2) is 24.7 Å². The van der Waals surface area contributed by atoms with Gasteiger partial charge in [0, 0.05) is 16.3 Å². The van der Waals surface area contributed by atoms with Gasteiger partial charge in [0.25, 0.3) is 0 Å². The molecule has 0 atom stereocenters. The molecule has 21 heavy (non-hydrogen) atoms. The summed E-state index contributed by atoms with van der Waals surface area (Å²) in [5, 5.41) is 12.1. The third kappa shape index (κ3) is 4.88. The molecule has 0 aliphatic rings. The molecule has 0 unspecified atom stereocenters. The van der Waals surface area contributed by atoms with Crippen molar-refractivity contribution in [2.24, 2.45) is 0 Å². The van der Waals surface area contributed by atoms with Gasteiger partial charge in [-0.15, -0.1) is 11.3 Å². The highest BCUT2D eigenvalue weighted by molar-refractivity contribution is 7.12. The molecule has 0 saturated heterocycles. The standard InChI is InChI=1S/C16H19NO3S/c1-20-15-5-3-2-4-12(15)8-9-17-11-14-7-6-13(21-14)10-16(18)19/h2-7,17H,8-11H2,1H3,(H,18,19). The van der Waals surface area contributed by atoms with Crippen molar-refractivity contribution in [3.05, 3.63) is 51.7 Å². The SMILES string of the molecule is COc1ccccc1CCNCc1ccc(CC(=O)O)s1. The number of ether oxygens (including phenoxy) is 1. The molecule has 4 nitrogen and oxygen atoms in total. The van der Waals surface area contributed by atoms with Crippen LogP contribution in [0.3, 0.4) is 0 Å². The van der Waals surface area contributed by atoms with E-state index in [0.29, 0.717) is 0 Å². The van der Waals surface area contributed by atoms with Gasteiger partial charge in [-0.05, 0) is 36.7 Å². The second-order valence-electron chi connectivity index (χ2n) is 4.68. The molecule has 2 N–H and O–H groups in total. The van der Waals surface area contributed by atoms with Gasteiger partial charge in [-0.1, -0.05) is 18.2 Å². The van der Waals surface area contributed by atoms with E-state index in [1.807, 2.05) is 30.3 Å². The third-order valence-electron chi connectivity index (χ3n) is 3.11. The zero-order valence-corrected chi connectivity index (χ0v) is 12.8. The maximum absolute atomic E-state index is 10.6. The predicted octanol–water partition coefficient (Wildman–Crippen LogP) is 2.72. The summed E-state index contributed by atoms with van der Waals surface area (Å²) in [7, 11) is 1.68. The smallest absolute Gasteiger partial charge is 0.308 e. The van der Waals surface area contributed by atoms with Crippen molar-refractivity contribution in [2.45, 2.75) is 19.4 Å². The Morgan fingerprint density at radius 1 is 1.24 bits per heavy atom. The Labute approximate surface area is 128 Å². The average molecular weight is 305 g/mol. The molecular formula is C16H19NO3S. The van der Waals surface area contributed by atoms with Gasteiger partial charge in [-0.2, -0.15) is 0 Å². The second-order valence-corrected chi connectivity index (χ2v) is 5.93. The van der Waals surface area contributed by atoms with E-state index in [9.17, 15) is 4.79 Å². The summed E-state index contributed by atoms with van der Waals surface area (Å²) in [6.07, 6.45) is 1.00. The van der Waals surface area contributed by atoms with Gasteiger partial charge in [-0.3, -0.25) is 4.79 Å². The molecule has 0 spiro atoms. The molecule has 0 aliphatic heterocycles. The first-order valence-corrected chi connectivity index (χ1v) is 7.62. The molecule has 0 bridgehead atoms. The first-order valence-electron chi connectivity index (χ1n) is 6.81. The maximum atomic E-state index is 10.6. The zero-order chi connectivity index (χ0) is 15.1. The van der Waals surface area contributed by atoms with Crippen molar-refractivity contribution >= 4 is 17.3 Å². The maximum Gasteiger partial charge on any atom is 0.308 e. The van der Waals surface area contributed by atoms with Crippen molar-refractivity contribution in [3.8, 4) is 5.75 Å². The third-order valence-corrected chi connectivity index (χ3v) is 4.19. The van der Waals surface area contributed by atoms with Crippen molar-refractivity contribution in [2.75, 3.05) is 13.7 Å². The number of rotatable bonds is 8. The Kier molecular flexibility index (Phi) is 5.78. The van der Waals surface area contributed by atoms with E-state index in [1.165, 1.54) is 5.56 Å². The van der Waals surface area contributed by atoms with Crippen LogP contribution in [0.2, 0.25) is 0 Å². The Morgan fingerprint density at radius 2 is 2.00 bits per heavy atom. The minimum atomic E-state index is -0.785. The zero-order valence-electron chi connectivity index (χ0n) is 12.0. The van der Waals surface area contributed by atoms with Gasteiger partial charge in [0.05, 0.1) is 13.5 Å². The lowest BCUT2D eigenvalue weighted by molar-refractivity contribution is -0.136. The molecule has 1 aromatic carbocycles. The number of methoxy groups -OCH3 is 1. The molecule has 0 fully saturated rings. The highest BCUT2D eigenvalue weighted by atomic mass is 32.1. The Morgan fingerprint density at radius 3 is 2.76 bits per heavy atom. The number of carbonyl (C=O) groups is 1. The number of carboxylic acids is 1. The van der Waals surface area contributed by atoms with Gasteiger partial charge in [0.1, 0.15) is 5.75 Å². The largest absolute Gasteiger partial charge is 0.496 e. The monoisotopic (exact) mass is 305 g/mol. The molecule has 2 aromatic rings. The second kappa shape index (κ2) is 7.81. The summed E-state index contributed by atoms with van der Waals surface area (Å²) >= 11 is 1.55. The average Bonchev–Trinajstić information content (AvgIpc) is 2.90. The fourth-order valence-corrected chi connectivity index (χ4v) is 3.08. The van der Waals surface area contributed by atoms with Crippen LogP contribution in [0.5, 0.6) is 5.75 Å². The van der Waals surface area contributed by atoms with Gasteiger partial charge >= 0.3 is 5.97 Å². The fraction of sp³-hybridized carbons (Fsp3) is 0.312. The summed E-state index contributed by atoms with van der Waals surface area (Å²) in [6.45, 7) is 1.62.